The van der Waals surface area contributed by atoms with Gasteiger partial charge in [0.2, 0.25) is 0 Å². The summed E-state index contributed by atoms with van der Waals surface area (Å²) in [5.74, 6) is 0.750. The number of aliphatic hydroxyl groups excluding tert-OH is 1. The van der Waals surface area contributed by atoms with E-state index in [2.05, 4.69) is 18.7 Å². The van der Waals surface area contributed by atoms with Crippen LogP contribution in [0, 0.1) is 17.3 Å². The van der Waals surface area contributed by atoms with Crippen LogP contribution in [0.1, 0.15) is 26.7 Å². The molecule has 3 aliphatic rings. The Morgan fingerprint density at radius 3 is 2.45 bits per heavy atom. The zero-order valence-electron chi connectivity index (χ0n) is 12.6. The van der Waals surface area contributed by atoms with Crippen molar-refractivity contribution in [3.05, 3.63) is 30.3 Å². The Morgan fingerprint density at radius 2 is 1.85 bits per heavy atom. The highest BCUT2D eigenvalue weighted by Crippen LogP contribution is 2.62. The van der Waals surface area contributed by atoms with Crippen molar-refractivity contribution < 1.29 is 10.2 Å². The lowest BCUT2D eigenvalue weighted by molar-refractivity contribution is -0.248. The van der Waals surface area contributed by atoms with E-state index in [9.17, 15) is 10.2 Å². The van der Waals surface area contributed by atoms with E-state index in [1.807, 2.05) is 37.4 Å². The summed E-state index contributed by atoms with van der Waals surface area (Å²) in [4.78, 5) is 2.05. The molecule has 3 aliphatic carbocycles. The van der Waals surface area contributed by atoms with Gasteiger partial charge in [0.15, 0.2) is 0 Å². The minimum atomic E-state index is -0.997. The van der Waals surface area contributed by atoms with E-state index in [1.54, 1.807) is 0 Å². The molecule has 110 valence electrons. The second-order valence-electron chi connectivity index (χ2n) is 7.24. The van der Waals surface area contributed by atoms with Crippen LogP contribution in [0.4, 0.5) is 5.69 Å². The fourth-order valence-corrected chi connectivity index (χ4v) is 4.34. The molecule has 2 bridgehead atoms. The number of benzene rings is 1. The molecular formula is C17H25NO2. The summed E-state index contributed by atoms with van der Waals surface area (Å²) in [5, 5.41) is 21.5. The molecule has 3 saturated carbocycles. The molecule has 4 rings (SSSR count). The third-order valence-electron chi connectivity index (χ3n) is 5.85. The highest BCUT2D eigenvalue weighted by Gasteiger charge is 2.64. The van der Waals surface area contributed by atoms with E-state index in [4.69, 9.17) is 0 Å². The van der Waals surface area contributed by atoms with Crippen molar-refractivity contribution in [2.75, 3.05) is 18.5 Å². The van der Waals surface area contributed by atoms with Crippen LogP contribution in [0.25, 0.3) is 0 Å². The molecule has 0 unspecified atom stereocenters. The van der Waals surface area contributed by atoms with Crippen LogP contribution in [0.15, 0.2) is 30.3 Å². The Morgan fingerprint density at radius 1 is 1.20 bits per heavy atom. The standard InChI is InChI=1S/C17H25NO2/c1-16(2)12-9-14(16)17(20,15(19)10-12)11-18(3)13-7-5-4-6-8-13/h4-8,12,14-15,19-20H,9-11H2,1-3H3/t12-,14-,15+,17-/m1/s1. The summed E-state index contributed by atoms with van der Waals surface area (Å²) in [5.41, 5.74) is 0.223. The van der Waals surface area contributed by atoms with Crippen molar-refractivity contribution >= 4 is 5.69 Å². The van der Waals surface area contributed by atoms with Gasteiger partial charge in [0.1, 0.15) is 5.60 Å². The van der Waals surface area contributed by atoms with Gasteiger partial charge in [-0.25, -0.2) is 0 Å². The van der Waals surface area contributed by atoms with Crippen LogP contribution in [0.3, 0.4) is 0 Å². The van der Waals surface area contributed by atoms with Gasteiger partial charge >= 0.3 is 0 Å². The van der Waals surface area contributed by atoms with Crippen molar-refractivity contribution in [1.82, 2.24) is 0 Å². The molecule has 0 amide bonds. The highest BCUT2D eigenvalue weighted by molar-refractivity contribution is 5.45. The number of hydrogen-bond donors (Lipinski definition) is 2. The van der Waals surface area contributed by atoms with Gasteiger partial charge in [0.05, 0.1) is 6.10 Å². The largest absolute Gasteiger partial charge is 0.390 e. The Bertz CT molecular complexity index is 487. The van der Waals surface area contributed by atoms with Crippen molar-refractivity contribution in [3.8, 4) is 0 Å². The first-order valence-electron chi connectivity index (χ1n) is 7.52. The molecule has 0 radical (unpaired) electrons. The van der Waals surface area contributed by atoms with Gasteiger partial charge in [-0.1, -0.05) is 32.0 Å². The smallest absolute Gasteiger partial charge is 0.111 e. The predicted molar refractivity (Wildman–Crippen MR) is 80.7 cm³/mol. The van der Waals surface area contributed by atoms with Gasteiger partial charge in [-0.3, -0.25) is 0 Å². The minimum Gasteiger partial charge on any atom is -0.390 e. The molecule has 1 aromatic rings. The molecule has 0 aromatic heterocycles. The number of fused-ring (bicyclic) bond motifs is 2. The Labute approximate surface area is 121 Å². The van der Waals surface area contributed by atoms with Crippen molar-refractivity contribution in [1.29, 1.82) is 0 Å². The van der Waals surface area contributed by atoms with Gasteiger partial charge in [0.25, 0.3) is 0 Å². The van der Waals surface area contributed by atoms with Gasteiger partial charge in [-0.15, -0.1) is 0 Å². The maximum absolute atomic E-state index is 11.1. The Hall–Kier alpha value is -1.06. The molecule has 1 aromatic carbocycles. The summed E-state index contributed by atoms with van der Waals surface area (Å²) in [7, 11) is 1.98. The number of para-hydroxylation sites is 1. The molecular weight excluding hydrogens is 250 g/mol. The number of aliphatic hydroxyl groups is 2. The van der Waals surface area contributed by atoms with Crippen LogP contribution in [0.5, 0.6) is 0 Å². The second kappa shape index (κ2) is 4.47. The van der Waals surface area contributed by atoms with Crippen molar-refractivity contribution in [2.24, 2.45) is 17.3 Å². The maximum Gasteiger partial charge on any atom is 0.111 e. The maximum atomic E-state index is 11.1. The third kappa shape index (κ3) is 1.87. The lowest BCUT2D eigenvalue weighted by atomic mass is 9.43. The molecule has 3 nitrogen and oxygen atoms in total. The number of likely N-dealkylation sites (N-methyl/N-ethyl adjacent to an activating group) is 1. The normalized spacial score (nSPS) is 38.1. The van der Waals surface area contributed by atoms with E-state index in [-0.39, 0.29) is 11.3 Å². The molecule has 0 spiro atoms. The van der Waals surface area contributed by atoms with Crippen LogP contribution in [-0.2, 0) is 0 Å². The Balaban J connectivity index is 1.81. The number of hydrogen-bond acceptors (Lipinski definition) is 3. The fraction of sp³-hybridized carbons (Fsp3) is 0.647. The summed E-state index contributed by atoms with van der Waals surface area (Å²) < 4.78 is 0. The lowest BCUT2D eigenvalue weighted by Gasteiger charge is -2.65. The fourth-order valence-electron chi connectivity index (χ4n) is 4.34. The van der Waals surface area contributed by atoms with Gasteiger partial charge in [-0.2, -0.15) is 0 Å². The minimum absolute atomic E-state index is 0.144. The van der Waals surface area contributed by atoms with Gasteiger partial charge in [0, 0.05) is 19.3 Å². The highest BCUT2D eigenvalue weighted by atomic mass is 16.3. The van der Waals surface area contributed by atoms with E-state index in [0.29, 0.717) is 12.5 Å². The molecule has 3 heteroatoms. The van der Waals surface area contributed by atoms with Gasteiger partial charge in [-0.05, 0) is 42.2 Å². The first-order valence-corrected chi connectivity index (χ1v) is 7.52. The van der Waals surface area contributed by atoms with Crippen LogP contribution in [-0.4, -0.2) is 35.5 Å². The number of rotatable bonds is 3. The molecule has 3 fully saturated rings. The van der Waals surface area contributed by atoms with E-state index in [0.717, 1.165) is 18.5 Å². The predicted octanol–water partition coefficient (Wildman–Crippen LogP) is 2.28. The van der Waals surface area contributed by atoms with Crippen LogP contribution >= 0.6 is 0 Å². The Kier molecular flexibility index (Phi) is 3.11. The summed E-state index contributed by atoms with van der Waals surface area (Å²) in [6.45, 7) is 4.94. The van der Waals surface area contributed by atoms with Crippen LogP contribution < -0.4 is 4.90 Å². The second-order valence-corrected chi connectivity index (χ2v) is 7.24. The summed E-state index contributed by atoms with van der Waals surface area (Å²) >= 11 is 0. The number of anilines is 1. The monoisotopic (exact) mass is 275 g/mol. The summed E-state index contributed by atoms with van der Waals surface area (Å²) in [6.07, 6.45) is 1.16. The first kappa shape index (κ1) is 13.9. The topological polar surface area (TPSA) is 43.7 Å². The zero-order chi connectivity index (χ0) is 14.5. The van der Waals surface area contributed by atoms with Gasteiger partial charge < -0.3 is 15.1 Å². The quantitative estimate of drug-likeness (QED) is 0.889. The lowest BCUT2D eigenvalue weighted by Crippen LogP contribution is -2.70. The number of nitrogens with zero attached hydrogens (tertiary/aromatic N) is 1. The van der Waals surface area contributed by atoms with E-state index in [1.165, 1.54) is 0 Å². The molecule has 20 heavy (non-hydrogen) atoms. The molecule has 0 saturated heterocycles. The first-order chi connectivity index (χ1) is 9.35. The van der Waals surface area contributed by atoms with Crippen molar-refractivity contribution in [2.45, 2.75) is 38.4 Å². The zero-order valence-corrected chi connectivity index (χ0v) is 12.6. The van der Waals surface area contributed by atoms with E-state index < -0.39 is 11.7 Å². The third-order valence-corrected chi connectivity index (χ3v) is 5.85. The van der Waals surface area contributed by atoms with Crippen LogP contribution in [0.2, 0.25) is 0 Å². The molecule has 2 N–H and O–H groups in total. The molecule has 0 aliphatic heterocycles. The van der Waals surface area contributed by atoms with E-state index >= 15 is 0 Å². The average Bonchev–Trinajstić information content (AvgIpc) is 2.42. The molecule has 4 atom stereocenters. The average molecular weight is 275 g/mol. The molecule has 0 heterocycles. The summed E-state index contributed by atoms with van der Waals surface area (Å²) in [6, 6.07) is 10.1. The van der Waals surface area contributed by atoms with Crippen molar-refractivity contribution in [3.63, 3.8) is 0 Å². The SMILES string of the molecule is CN(C[C@@]1(O)[C@@H]2C[C@H](C[C@@H]1O)C2(C)C)c1ccccc1.